The number of halogens is 3. The molecule has 3 aromatic carbocycles. The van der Waals surface area contributed by atoms with Crippen LogP contribution in [0.25, 0.3) is 0 Å². The third-order valence-corrected chi connectivity index (χ3v) is 5.78. The van der Waals surface area contributed by atoms with E-state index >= 15 is 0 Å². The van der Waals surface area contributed by atoms with Crippen molar-refractivity contribution in [2.75, 3.05) is 0 Å². The smallest absolute Gasteiger partial charge is 0.335 e. The molecule has 148 valence electrons. The number of hydrogen-bond donors (Lipinski definition) is 1. The molecule has 0 aliphatic heterocycles. The maximum Gasteiger partial charge on any atom is 0.335 e. The van der Waals surface area contributed by atoms with E-state index < -0.39 is 5.97 Å². The number of carboxylic acid groups (broad SMARTS) is 1. The Morgan fingerprint density at radius 3 is 2.41 bits per heavy atom. The molecule has 3 rings (SSSR count). The van der Waals surface area contributed by atoms with Gasteiger partial charge < -0.3 is 9.84 Å². The van der Waals surface area contributed by atoms with Gasteiger partial charge in [-0.25, -0.2) is 4.79 Å². The van der Waals surface area contributed by atoms with Gasteiger partial charge in [-0.15, -0.1) is 0 Å². The summed E-state index contributed by atoms with van der Waals surface area (Å²) in [6.07, 6.45) is 1.77. The van der Waals surface area contributed by atoms with Crippen molar-refractivity contribution < 1.29 is 14.6 Å². The summed E-state index contributed by atoms with van der Waals surface area (Å²) in [5.41, 5.74) is 3.75. The van der Waals surface area contributed by atoms with Crippen LogP contribution >= 0.6 is 43.5 Å². The van der Waals surface area contributed by atoms with Gasteiger partial charge in [0.1, 0.15) is 12.4 Å². The minimum atomic E-state index is -0.951. The minimum Gasteiger partial charge on any atom is -0.487 e. The van der Waals surface area contributed by atoms with Gasteiger partial charge in [-0.05, 0) is 91.9 Å². The van der Waals surface area contributed by atoms with Crippen molar-refractivity contribution >= 4 is 61.3 Å². The molecule has 0 atom stereocenters. The van der Waals surface area contributed by atoms with Crippen molar-refractivity contribution in [2.45, 2.75) is 13.5 Å². The number of rotatable bonds is 6. The molecule has 0 fully saturated rings. The van der Waals surface area contributed by atoms with Crippen LogP contribution in [-0.2, 0) is 6.61 Å². The number of aromatic carboxylic acids is 1. The monoisotopic (exact) mass is 535 g/mol. The van der Waals surface area contributed by atoms with E-state index in [1.54, 1.807) is 30.5 Å². The molecule has 0 saturated heterocycles. The average Bonchev–Trinajstić information content (AvgIpc) is 2.69. The van der Waals surface area contributed by atoms with E-state index in [4.69, 9.17) is 21.4 Å². The standard InChI is InChI=1S/C22H16Br2ClNO3/c1-13-19(25)3-2-4-20(13)26-11-15-9-17(23)21(18(24)10-15)29-12-14-5-7-16(8-6-14)22(27)28/h2-11H,12H2,1H3,(H,27,28). The number of benzene rings is 3. The van der Waals surface area contributed by atoms with E-state index in [9.17, 15) is 4.79 Å². The van der Waals surface area contributed by atoms with Gasteiger partial charge >= 0.3 is 5.97 Å². The number of hydrogen-bond acceptors (Lipinski definition) is 3. The highest BCUT2D eigenvalue weighted by Gasteiger charge is 2.10. The van der Waals surface area contributed by atoms with Crippen LogP contribution in [0.2, 0.25) is 5.02 Å². The Kier molecular flexibility index (Phi) is 7.11. The zero-order chi connectivity index (χ0) is 21.0. The molecule has 0 aliphatic carbocycles. The van der Waals surface area contributed by atoms with Crippen LogP contribution < -0.4 is 4.74 Å². The first kappa shape index (κ1) is 21.6. The van der Waals surface area contributed by atoms with E-state index in [2.05, 4.69) is 36.9 Å². The summed E-state index contributed by atoms with van der Waals surface area (Å²) in [4.78, 5) is 15.5. The molecule has 1 N–H and O–H groups in total. The van der Waals surface area contributed by atoms with E-state index in [-0.39, 0.29) is 5.56 Å². The third-order valence-electron chi connectivity index (χ3n) is 4.20. The Hall–Kier alpha value is -2.15. The summed E-state index contributed by atoms with van der Waals surface area (Å²) in [7, 11) is 0. The van der Waals surface area contributed by atoms with E-state index in [0.717, 1.165) is 31.3 Å². The largest absolute Gasteiger partial charge is 0.487 e. The van der Waals surface area contributed by atoms with Gasteiger partial charge in [0.05, 0.1) is 20.2 Å². The topological polar surface area (TPSA) is 58.9 Å². The van der Waals surface area contributed by atoms with Crippen LogP contribution in [0.4, 0.5) is 5.69 Å². The van der Waals surface area contributed by atoms with Crippen LogP contribution in [0.3, 0.4) is 0 Å². The Morgan fingerprint density at radius 2 is 1.79 bits per heavy atom. The normalized spacial score (nSPS) is 11.0. The molecule has 0 amide bonds. The molecule has 0 heterocycles. The number of carboxylic acids is 1. The lowest BCUT2D eigenvalue weighted by molar-refractivity contribution is 0.0697. The maximum absolute atomic E-state index is 10.9. The predicted molar refractivity (Wildman–Crippen MR) is 123 cm³/mol. The summed E-state index contributed by atoms with van der Waals surface area (Å²) in [5.74, 6) is -0.295. The van der Waals surface area contributed by atoms with Gasteiger partial charge in [-0.2, -0.15) is 0 Å². The molecule has 0 bridgehead atoms. The zero-order valence-corrected chi connectivity index (χ0v) is 19.3. The molecule has 0 aliphatic rings. The fourth-order valence-corrected chi connectivity index (χ4v) is 4.19. The van der Waals surface area contributed by atoms with Gasteiger partial charge in [0.2, 0.25) is 0 Å². The second kappa shape index (κ2) is 9.57. The van der Waals surface area contributed by atoms with Crippen LogP contribution in [0.1, 0.15) is 27.0 Å². The first-order chi connectivity index (χ1) is 13.8. The molecule has 3 aromatic rings. The zero-order valence-electron chi connectivity index (χ0n) is 15.3. The molecular weight excluding hydrogens is 522 g/mol. The Morgan fingerprint density at radius 1 is 1.14 bits per heavy atom. The highest BCUT2D eigenvalue weighted by Crippen LogP contribution is 2.35. The Labute approximate surface area is 190 Å². The predicted octanol–water partition coefficient (Wildman–Crippen LogP) is 7.20. The van der Waals surface area contributed by atoms with Gasteiger partial charge in [0.25, 0.3) is 0 Å². The number of carbonyl (C=O) groups is 1. The highest BCUT2D eigenvalue weighted by atomic mass is 79.9. The van der Waals surface area contributed by atoms with Gasteiger partial charge in [0.15, 0.2) is 0 Å². The van der Waals surface area contributed by atoms with Crippen LogP contribution in [-0.4, -0.2) is 17.3 Å². The van der Waals surface area contributed by atoms with Crippen molar-refractivity contribution in [3.63, 3.8) is 0 Å². The van der Waals surface area contributed by atoms with Crippen molar-refractivity contribution in [1.29, 1.82) is 0 Å². The van der Waals surface area contributed by atoms with Crippen molar-refractivity contribution in [2.24, 2.45) is 4.99 Å². The quantitative estimate of drug-likeness (QED) is 0.338. The Bertz CT molecular complexity index is 1060. The van der Waals surface area contributed by atoms with Crippen molar-refractivity contribution in [3.8, 4) is 5.75 Å². The molecular formula is C22H16Br2ClNO3. The lowest BCUT2D eigenvalue weighted by atomic mass is 10.1. The fraction of sp³-hybridized carbons (Fsp3) is 0.0909. The molecule has 7 heteroatoms. The summed E-state index contributed by atoms with van der Waals surface area (Å²) in [6.45, 7) is 2.24. The SMILES string of the molecule is Cc1c(Cl)cccc1N=Cc1cc(Br)c(OCc2ccc(C(=O)O)cc2)c(Br)c1. The fourth-order valence-electron chi connectivity index (χ4n) is 2.57. The second-order valence-electron chi connectivity index (χ2n) is 6.25. The lowest BCUT2D eigenvalue weighted by Gasteiger charge is -2.11. The van der Waals surface area contributed by atoms with Crippen LogP contribution in [0.5, 0.6) is 5.75 Å². The van der Waals surface area contributed by atoms with Gasteiger partial charge in [-0.1, -0.05) is 29.8 Å². The summed E-state index contributed by atoms with van der Waals surface area (Å²) < 4.78 is 7.46. The first-order valence-corrected chi connectivity index (χ1v) is 10.5. The first-order valence-electron chi connectivity index (χ1n) is 8.58. The minimum absolute atomic E-state index is 0.245. The van der Waals surface area contributed by atoms with Crippen LogP contribution in [0, 0.1) is 6.92 Å². The van der Waals surface area contributed by atoms with Crippen molar-refractivity contribution in [3.05, 3.63) is 90.8 Å². The molecule has 0 aromatic heterocycles. The second-order valence-corrected chi connectivity index (χ2v) is 8.36. The van der Waals surface area contributed by atoms with E-state index in [1.165, 1.54) is 0 Å². The number of nitrogens with zero attached hydrogens (tertiary/aromatic N) is 1. The molecule has 29 heavy (non-hydrogen) atoms. The van der Waals surface area contributed by atoms with Crippen molar-refractivity contribution in [1.82, 2.24) is 0 Å². The maximum atomic E-state index is 10.9. The number of ether oxygens (including phenoxy) is 1. The molecule has 4 nitrogen and oxygen atoms in total. The summed E-state index contributed by atoms with van der Waals surface area (Å²) in [5, 5.41) is 9.65. The van der Waals surface area contributed by atoms with Crippen LogP contribution in [0.15, 0.2) is 68.5 Å². The third kappa shape index (κ3) is 5.47. The lowest BCUT2D eigenvalue weighted by Crippen LogP contribution is -2.00. The Balaban J connectivity index is 1.74. The molecule has 0 radical (unpaired) electrons. The van der Waals surface area contributed by atoms with E-state index in [0.29, 0.717) is 17.4 Å². The van der Waals surface area contributed by atoms with Gasteiger partial charge in [-0.3, -0.25) is 4.99 Å². The highest BCUT2D eigenvalue weighted by molar-refractivity contribution is 9.11. The van der Waals surface area contributed by atoms with E-state index in [1.807, 2.05) is 37.3 Å². The molecule has 0 saturated carbocycles. The number of aliphatic imine (C=N–C) groups is 1. The average molecular weight is 538 g/mol. The molecule has 0 spiro atoms. The summed E-state index contributed by atoms with van der Waals surface area (Å²) in [6, 6.07) is 16.0. The molecule has 0 unspecified atom stereocenters. The summed E-state index contributed by atoms with van der Waals surface area (Å²) >= 11 is 13.2. The van der Waals surface area contributed by atoms with Gasteiger partial charge in [0, 0.05) is 11.2 Å².